The summed E-state index contributed by atoms with van der Waals surface area (Å²) in [6.07, 6.45) is 0. The van der Waals surface area contributed by atoms with Gasteiger partial charge in [-0.05, 0) is 42.5 Å². The molecule has 0 spiro atoms. The van der Waals surface area contributed by atoms with E-state index in [1.807, 2.05) is 0 Å². The summed E-state index contributed by atoms with van der Waals surface area (Å²) in [4.78, 5) is 25.3. The number of ether oxygens (including phenoxy) is 1. The fourth-order valence-electron chi connectivity index (χ4n) is 1.88. The molecule has 0 radical (unpaired) electrons. The normalized spacial score (nSPS) is 10.2. The zero-order valence-electron chi connectivity index (χ0n) is 13.2. The van der Waals surface area contributed by atoms with Crippen molar-refractivity contribution in [1.29, 1.82) is 0 Å². The Labute approximate surface area is 144 Å². The van der Waals surface area contributed by atoms with Crippen molar-refractivity contribution in [3.05, 3.63) is 58.9 Å². The fourth-order valence-corrected chi connectivity index (χ4v) is 2.04. The summed E-state index contributed by atoms with van der Waals surface area (Å²) < 4.78 is 18.1. The first-order chi connectivity index (χ1) is 11.4. The minimum atomic E-state index is -0.448. The van der Waals surface area contributed by atoms with Crippen LogP contribution in [0.1, 0.15) is 10.4 Å². The quantitative estimate of drug-likeness (QED) is 0.900. The zero-order chi connectivity index (χ0) is 17.7. The van der Waals surface area contributed by atoms with Gasteiger partial charge < -0.3 is 15.0 Å². The highest BCUT2D eigenvalue weighted by atomic mass is 35.5. The van der Waals surface area contributed by atoms with Crippen LogP contribution in [0.15, 0.2) is 42.5 Å². The monoisotopic (exact) mass is 350 g/mol. The standard InChI is InChI=1S/C17H16ClFN2O3/c1-21(2)17(23)11-3-8-14(18)15(9-11)20-16(22)10-24-13-6-4-12(19)5-7-13/h3-9H,10H2,1-2H3,(H,20,22). The molecule has 0 saturated heterocycles. The number of carbonyl (C=O) groups excluding carboxylic acids is 2. The number of nitrogens with zero attached hydrogens (tertiary/aromatic N) is 1. The molecular weight excluding hydrogens is 335 g/mol. The number of rotatable bonds is 5. The average molecular weight is 351 g/mol. The predicted octanol–water partition coefficient (Wildman–Crippen LogP) is 3.20. The minimum absolute atomic E-state index is 0.204. The number of hydrogen-bond donors (Lipinski definition) is 1. The van der Waals surface area contributed by atoms with Gasteiger partial charge >= 0.3 is 0 Å². The van der Waals surface area contributed by atoms with Gasteiger partial charge in [0.25, 0.3) is 11.8 Å². The van der Waals surface area contributed by atoms with Gasteiger partial charge in [-0.25, -0.2) is 4.39 Å². The number of anilines is 1. The first-order valence-electron chi connectivity index (χ1n) is 7.06. The van der Waals surface area contributed by atoms with Crippen molar-refractivity contribution in [2.75, 3.05) is 26.0 Å². The lowest BCUT2D eigenvalue weighted by molar-refractivity contribution is -0.118. The summed E-state index contributed by atoms with van der Waals surface area (Å²) in [6, 6.07) is 9.93. The Kier molecular flexibility index (Phi) is 5.76. The molecular formula is C17H16ClFN2O3. The molecule has 0 aliphatic carbocycles. The lowest BCUT2D eigenvalue weighted by Crippen LogP contribution is -2.23. The fraction of sp³-hybridized carbons (Fsp3) is 0.176. The van der Waals surface area contributed by atoms with Gasteiger partial charge in [0, 0.05) is 19.7 Å². The van der Waals surface area contributed by atoms with Crippen LogP contribution >= 0.6 is 11.6 Å². The summed E-state index contributed by atoms with van der Waals surface area (Å²) in [5, 5.41) is 2.89. The van der Waals surface area contributed by atoms with Gasteiger partial charge in [-0.3, -0.25) is 9.59 Å². The molecule has 7 heteroatoms. The van der Waals surface area contributed by atoms with Crippen molar-refractivity contribution in [2.24, 2.45) is 0 Å². The number of nitrogens with one attached hydrogen (secondary N) is 1. The van der Waals surface area contributed by atoms with E-state index in [0.717, 1.165) is 0 Å². The molecule has 0 aliphatic rings. The maximum absolute atomic E-state index is 12.8. The van der Waals surface area contributed by atoms with Crippen LogP contribution in [0.4, 0.5) is 10.1 Å². The van der Waals surface area contributed by atoms with Gasteiger partial charge in [0.1, 0.15) is 11.6 Å². The van der Waals surface area contributed by atoms with Gasteiger partial charge in [0.2, 0.25) is 0 Å². The van der Waals surface area contributed by atoms with Crippen molar-refractivity contribution < 1.29 is 18.7 Å². The molecule has 2 rings (SSSR count). The number of halogens is 2. The van der Waals surface area contributed by atoms with E-state index in [0.29, 0.717) is 22.0 Å². The van der Waals surface area contributed by atoms with E-state index < -0.39 is 5.91 Å². The molecule has 2 amide bonds. The van der Waals surface area contributed by atoms with E-state index in [9.17, 15) is 14.0 Å². The molecule has 0 bridgehead atoms. The number of benzene rings is 2. The van der Waals surface area contributed by atoms with E-state index in [2.05, 4.69) is 5.32 Å². The topological polar surface area (TPSA) is 58.6 Å². The van der Waals surface area contributed by atoms with Gasteiger partial charge in [-0.15, -0.1) is 0 Å². The zero-order valence-corrected chi connectivity index (χ0v) is 13.9. The highest BCUT2D eigenvalue weighted by molar-refractivity contribution is 6.33. The highest BCUT2D eigenvalue weighted by Gasteiger charge is 2.12. The van der Waals surface area contributed by atoms with Crippen molar-refractivity contribution in [3.63, 3.8) is 0 Å². The van der Waals surface area contributed by atoms with Crippen LogP contribution in [0.3, 0.4) is 0 Å². The Balaban J connectivity index is 2.01. The molecule has 0 unspecified atom stereocenters. The largest absolute Gasteiger partial charge is 0.484 e. The summed E-state index contributed by atoms with van der Waals surface area (Å²) >= 11 is 6.04. The van der Waals surface area contributed by atoms with E-state index in [4.69, 9.17) is 16.3 Å². The van der Waals surface area contributed by atoms with E-state index in [-0.39, 0.29) is 18.3 Å². The Hall–Kier alpha value is -2.60. The van der Waals surface area contributed by atoms with Gasteiger partial charge in [-0.1, -0.05) is 11.6 Å². The second kappa shape index (κ2) is 7.79. The third kappa shape index (κ3) is 4.70. The van der Waals surface area contributed by atoms with Crippen LogP contribution < -0.4 is 10.1 Å². The molecule has 0 fully saturated rings. The third-order valence-electron chi connectivity index (χ3n) is 3.08. The van der Waals surface area contributed by atoms with Crippen LogP contribution in [-0.2, 0) is 4.79 Å². The molecule has 2 aromatic carbocycles. The third-order valence-corrected chi connectivity index (χ3v) is 3.41. The Morgan fingerprint density at radius 1 is 1.17 bits per heavy atom. The predicted molar refractivity (Wildman–Crippen MR) is 90.0 cm³/mol. The lowest BCUT2D eigenvalue weighted by atomic mass is 10.2. The van der Waals surface area contributed by atoms with Gasteiger partial charge in [0.15, 0.2) is 6.61 Å². The van der Waals surface area contributed by atoms with Crippen molar-refractivity contribution >= 4 is 29.1 Å². The van der Waals surface area contributed by atoms with E-state index in [1.165, 1.54) is 41.3 Å². The molecule has 0 saturated carbocycles. The Morgan fingerprint density at radius 2 is 1.83 bits per heavy atom. The Morgan fingerprint density at radius 3 is 2.46 bits per heavy atom. The molecule has 0 atom stereocenters. The summed E-state index contributed by atoms with van der Waals surface area (Å²) in [5.41, 5.74) is 0.719. The summed E-state index contributed by atoms with van der Waals surface area (Å²) in [7, 11) is 3.26. The van der Waals surface area contributed by atoms with Crippen molar-refractivity contribution in [3.8, 4) is 5.75 Å². The molecule has 0 heterocycles. The first-order valence-corrected chi connectivity index (χ1v) is 7.44. The molecule has 0 aromatic heterocycles. The van der Waals surface area contributed by atoms with Crippen LogP contribution in [-0.4, -0.2) is 37.4 Å². The smallest absolute Gasteiger partial charge is 0.262 e. The SMILES string of the molecule is CN(C)C(=O)c1ccc(Cl)c(NC(=O)COc2ccc(F)cc2)c1. The van der Waals surface area contributed by atoms with Crippen LogP contribution in [0.25, 0.3) is 0 Å². The number of hydrogen-bond acceptors (Lipinski definition) is 3. The minimum Gasteiger partial charge on any atom is -0.484 e. The number of carbonyl (C=O) groups is 2. The second-order valence-electron chi connectivity index (χ2n) is 5.18. The highest BCUT2D eigenvalue weighted by Crippen LogP contribution is 2.23. The average Bonchev–Trinajstić information content (AvgIpc) is 2.55. The molecule has 1 N–H and O–H groups in total. The maximum atomic E-state index is 12.8. The number of amides is 2. The van der Waals surface area contributed by atoms with Gasteiger partial charge in [-0.2, -0.15) is 0 Å². The molecule has 5 nitrogen and oxygen atoms in total. The van der Waals surface area contributed by atoms with Crippen molar-refractivity contribution in [1.82, 2.24) is 4.90 Å². The van der Waals surface area contributed by atoms with Crippen LogP contribution in [0.5, 0.6) is 5.75 Å². The van der Waals surface area contributed by atoms with E-state index >= 15 is 0 Å². The van der Waals surface area contributed by atoms with E-state index in [1.54, 1.807) is 20.2 Å². The lowest BCUT2D eigenvalue weighted by Gasteiger charge is -2.13. The Bertz CT molecular complexity index is 748. The van der Waals surface area contributed by atoms with Crippen LogP contribution in [0, 0.1) is 5.82 Å². The molecule has 2 aromatic rings. The molecule has 24 heavy (non-hydrogen) atoms. The second-order valence-corrected chi connectivity index (χ2v) is 5.59. The summed E-state index contributed by atoms with van der Waals surface area (Å²) in [5.74, 6) is -0.671. The van der Waals surface area contributed by atoms with Crippen LogP contribution in [0.2, 0.25) is 5.02 Å². The van der Waals surface area contributed by atoms with Crippen molar-refractivity contribution in [2.45, 2.75) is 0 Å². The molecule has 126 valence electrons. The molecule has 0 aliphatic heterocycles. The van der Waals surface area contributed by atoms with Gasteiger partial charge in [0.05, 0.1) is 10.7 Å². The maximum Gasteiger partial charge on any atom is 0.262 e. The first kappa shape index (κ1) is 17.7. The summed E-state index contributed by atoms with van der Waals surface area (Å²) in [6.45, 7) is -0.270.